The second-order valence-corrected chi connectivity index (χ2v) is 9.31. The van der Waals surface area contributed by atoms with E-state index in [0.29, 0.717) is 16.8 Å². The third-order valence-corrected chi connectivity index (χ3v) is 6.35. The highest BCUT2D eigenvalue weighted by Crippen LogP contribution is 2.66. The first-order valence-electron chi connectivity index (χ1n) is 7.85. The monoisotopic (exact) mass is 350 g/mol. The van der Waals surface area contributed by atoms with E-state index in [1.54, 1.807) is 6.20 Å². The Morgan fingerprint density at radius 3 is 2.48 bits per heavy atom. The van der Waals surface area contributed by atoms with Crippen molar-refractivity contribution >= 4 is 27.7 Å². The van der Waals surface area contributed by atoms with Crippen LogP contribution in [-0.4, -0.2) is 15.5 Å². The lowest BCUT2D eigenvalue weighted by Gasteiger charge is -2.65. The number of nitrogens with zero attached hydrogens (tertiary/aromatic N) is 2. The summed E-state index contributed by atoms with van der Waals surface area (Å²) in [7, 11) is 0. The molecule has 2 atom stereocenters. The Morgan fingerprint density at radius 2 is 1.86 bits per heavy atom. The van der Waals surface area contributed by atoms with E-state index in [9.17, 15) is 0 Å². The van der Waals surface area contributed by atoms with Gasteiger partial charge in [-0.25, -0.2) is 4.98 Å². The number of nitrogens with one attached hydrogen (secondary N) is 1. The van der Waals surface area contributed by atoms with E-state index in [1.807, 2.05) is 0 Å². The van der Waals surface area contributed by atoms with Gasteiger partial charge in [0.05, 0.1) is 4.47 Å². The molecule has 4 saturated carbocycles. The number of anilines is 2. The van der Waals surface area contributed by atoms with Crippen LogP contribution in [0.3, 0.4) is 0 Å². The Labute approximate surface area is 134 Å². The Balaban J connectivity index is 1.70. The lowest BCUT2D eigenvalue weighted by Crippen LogP contribution is -2.61. The first-order valence-corrected chi connectivity index (χ1v) is 8.65. The molecule has 21 heavy (non-hydrogen) atoms. The highest BCUT2D eigenvalue weighted by molar-refractivity contribution is 9.10. The van der Waals surface area contributed by atoms with Crippen LogP contribution < -0.4 is 11.1 Å². The van der Waals surface area contributed by atoms with Crippen LogP contribution in [0.5, 0.6) is 0 Å². The van der Waals surface area contributed by atoms with Gasteiger partial charge in [0.2, 0.25) is 5.95 Å². The van der Waals surface area contributed by atoms with Gasteiger partial charge in [0.1, 0.15) is 5.82 Å². The Bertz CT molecular complexity index is 584. The highest BCUT2D eigenvalue weighted by Gasteiger charge is 2.60. The average Bonchev–Trinajstić information content (AvgIpc) is 2.28. The Kier molecular flexibility index (Phi) is 2.71. The number of hydrogen-bond donors (Lipinski definition) is 2. The molecule has 4 fully saturated rings. The van der Waals surface area contributed by atoms with Crippen molar-refractivity contribution in [3.8, 4) is 0 Å². The molecule has 3 N–H and O–H groups in total. The van der Waals surface area contributed by atoms with Crippen molar-refractivity contribution in [1.82, 2.24) is 9.97 Å². The second-order valence-electron chi connectivity index (χ2n) is 8.46. The van der Waals surface area contributed by atoms with Crippen molar-refractivity contribution in [3.05, 3.63) is 10.7 Å². The fraction of sp³-hybridized carbons (Fsp3) is 0.750. The van der Waals surface area contributed by atoms with Crippen molar-refractivity contribution in [2.45, 2.75) is 57.9 Å². The van der Waals surface area contributed by atoms with Gasteiger partial charge in [0.15, 0.2) is 0 Å². The number of nitrogens with two attached hydrogens (primary N) is 1. The highest BCUT2D eigenvalue weighted by atomic mass is 79.9. The minimum atomic E-state index is 0.187. The molecule has 4 aliphatic carbocycles. The summed E-state index contributed by atoms with van der Waals surface area (Å²) in [5, 5.41) is 3.77. The number of hydrogen-bond acceptors (Lipinski definition) is 4. The number of rotatable bonds is 2. The maximum Gasteiger partial charge on any atom is 0.221 e. The van der Waals surface area contributed by atoms with Crippen molar-refractivity contribution in [3.63, 3.8) is 0 Å². The van der Waals surface area contributed by atoms with Crippen molar-refractivity contribution < 1.29 is 0 Å². The second kappa shape index (κ2) is 4.12. The third-order valence-electron chi connectivity index (χ3n) is 5.77. The van der Waals surface area contributed by atoms with Gasteiger partial charge in [0.25, 0.3) is 0 Å². The Hall–Kier alpha value is -0.840. The number of nitrogen functional groups attached to an aromatic ring is 1. The molecule has 0 aliphatic heterocycles. The van der Waals surface area contributed by atoms with E-state index in [1.165, 1.54) is 38.5 Å². The maximum atomic E-state index is 5.76. The van der Waals surface area contributed by atoms with Crippen molar-refractivity contribution in [2.24, 2.45) is 16.7 Å². The van der Waals surface area contributed by atoms with Gasteiger partial charge in [-0.1, -0.05) is 13.8 Å². The number of halogens is 1. The van der Waals surface area contributed by atoms with Crippen LogP contribution in [0, 0.1) is 16.7 Å². The summed E-state index contributed by atoms with van der Waals surface area (Å²) < 4.78 is 0.905. The molecule has 0 aromatic carbocycles. The van der Waals surface area contributed by atoms with Gasteiger partial charge in [-0.2, -0.15) is 4.98 Å². The summed E-state index contributed by atoms with van der Waals surface area (Å²) in [5.74, 6) is 2.06. The van der Waals surface area contributed by atoms with Gasteiger partial charge in [-0.15, -0.1) is 0 Å². The summed E-state index contributed by atoms with van der Waals surface area (Å²) >= 11 is 3.55. The largest absolute Gasteiger partial charge is 0.368 e. The molecule has 5 rings (SSSR count). The van der Waals surface area contributed by atoms with Gasteiger partial charge in [0, 0.05) is 11.7 Å². The minimum absolute atomic E-state index is 0.187. The zero-order valence-corrected chi connectivity index (χ0v) is 14.3. The van der Waals surface area contributed by atoms with Crippen LogP contribution in [0.1, 0.15) is 52.4 Å². The third kappa shape index (κ3) is 2.24. The maximum absolute atomic E-state index is 5.76. The fourth-order valence-electron chi connectivity index (χ4n) is 6.31. The van der Waals surface area contributed by atoms with Crippen LogP contribution in [0.4, 0.5) is 11.8 Å². The van der Waals surface area contributed by atoms with Crippen molar-refractivity contribution in [2.75, 3.05) is 11.1 Å². The predicted molar refractivity (Wildman–Crippen MR) is 87.9 cm³/mol. The predicted octanol–water partition coefficient (Wildman–Crippen LogP) is 3.98. The molecule has 114 valence electrons. The summed E-state index contributed by atoms with van der Waals surface area (Å²) in [6, 6.07) is 0. The molecule has 4 bridgehead atoms. The summed E-state index contributed by atoms with van der Waals surface area (Å²) in [6.07, 6.45) is 9.71. The topological polar surface area (TPSA) is 63.8 Å². The van der Waals surface area contributed by atoms with E-state index in [-0.39, 0.29) is 5.54 Å². The van der Waals surface area contributed by atoms with E-state index >= 15 is 0 Å². The molecule has 5 heteroatoms. The summed E-state index contributed by atoms with van der Waals surface area (Å²) in [5.41, 5.74) is 6.93. The molecule has 2 unspecified atom stereocenters. The molecular formula is C16H23BrN4. The molecule has 1 heterocycles. The fourth-order valence-corrected chi connectivity index (χ4v) is 6.60. The average molecular weight is 351 g/mol. The van der Waals surface area contributed by atoms with E-state index < -0.39 is 0 Å². The molecular weight excluding hydrogens is 328 g/mol. The van der Waals surface area contributed by atoms with Gasteiger partial charge in [-0.05, 0) is 71.2 Å². The summed E-state index contributed by atoms with van der Waals surface area (Å²) in [4.78, 5) is 8.44. The van der Waals surface area contributed by atoms with E-state index in [4.69, 9.17) is 5.73 Å². The molecule has 0 spiro atoms. The van der Waals surface area contributed by atoms with Gasteiger partial charge < -0.3 is 11.1 Å². The zero-order valence-electron chi connectivity index (χ0n) is 12.7. The lowest BCUT2D eigenvalue weighted by atomic mass is 9.43. The Morgan fingerprint density at radius 1 is 1.19 bits per heavy atom. The number of aromatic nitrogens is 2. The summed E-state index contributed by atoms with van der Waals surface area (Å²) in [6.45, 7) is 4.96. The molecule has 1 aromatic rings. The van der Waals surface area contributed by atoms with Crippen LogP contribution >= 0.6 is 15.9 Å². The quantitative estimate of drug-likeness (QED) is 0.846. The molecule has 1 aromatic heterocycles. The first-order chi connectivity index (χ1) is 9.79. The van der Waals surface area contributed by atoms with E-state index in [0.717, 1.165) is 16.2 Å². The SMILES string of the molecule is CC12CC3CC(C)(C1)CC(Nc1nc(N)ncc1Br)(C3)C2. The standard InChI is InChI=1S/C16H23BrN4/c1-14-3-10-4-15(2,7-14)9-16(5-10,8-14)21-12-11(17)6-19-13(18)20-12/h6,10H,3-5,7-9H2,1-2H3,(H3,18,19,20,21). The van der Waals surface area contributed by atoms with Crippen LogP contribution in [0.15, 0.2) is 10.7 Å². The van der Waals surface area contributed by atoms with Gasteiger partial charge in [-0.3, -0.25) is 0 Å². The van der Waals surface area contributed by atoms with Crippen LogP contribution in [0.25, 0.3) is 0 Å². The van der Waals surface area contributed by atoms with Gasteiger partial charge >= 0.3 is 0 Å². The smallest absolute Gasteiger partial charge is 0.221 e. The molecule has 0 amide bonds. The lowest BCUT2D eigenvalue weighted by molar-refractivity contribution is -0.0974. The molecule has 0 radical (unpaired) electrons. The normalized spacial score (nSPS) is 44.0. The first kappa shape index (κ1) is 13.8. The molecule has 0 saturated heterocycles. The van der Waals surface area contributed by atoms with E-state index in [2.05, 4.69) is 45.1 Å². The van der Waals surface area contributed by atoms with Crippen LogP contribution in [0.2, 0.25) is 0 Å². The molecule has 4 nitrogen and oxygen atoms in total. The van der Waals surface area contributed by atoms with Crippen LogP contribution in [-0.2, 0) is 0 Å². The molecule has 4 aliphatic rings. The van der Waals surface area contributed by atoms with Crippen molar-refractivity contribution in [1.29, 1.82) is 0 Å². The minimum Gasteiger partial charge on any atom is -0.368 e. The zero-order chi connectivity index (χ0) is 14.9.